The Morgan fingerprint density at radius 3 is 2.88 bits per heavy atom. The molecule has 1 aromatic carbocycles. The number of aliphatic hydroxyl groups is 1. The quantitative estimate of drug-likeness (QED) is 0.737. The van der Waals surface area contributed by atoms with Crippen LogP contribution >= 0.6 is 0 Å². The highest BCUT2D eigenvalue weighted by Crippen LogP contribution is 2.19. The number of aromatic nitrogens is 2. The number of amides is 1. The van der Waals surface area contributed by atoms with Crippen LogP contribution < -0.4 is 5.32 Å². The number of hydrogen-bond acceptors (Lipinski definition) is 4. The number of aromatic amines is 1. The van der Waals surface area contributed by atoms with Gasteiger partial charge in [0.2, 0.25) is 5.91 Å². The van der Waals surface area contributed by atoms with Gasteiger partial charge in [-0.3, -0.25) is 14.8 Å². The molecule has 2 unspecified atom stereocenters. The Labute approximate surface area is 141 Å². The third kappa shape index (κ3) is 4.43. The van der Waals surface area contributed by atoms with Gasteiger partial charge in [-0.05, 0) is 24.6 Å². The minimum atomic E-state index is -0.0377. The van der Waals surface area contributed by atoms with Crippen LogP contribution in [0.15, 0.2) is 42.6 Å². The van der Waals surface area contributed by atoms with E-state index in [-0.39, 0.29) is 30.9 Å². The van der Waals surface area contributed by atoms with Crippen LogP contribution in [0, 0.1) is 5.92 Å². The largest absolute Gasteiger partial charge is 0.396 e. The zero-order valence-corrected chi connectivity index (χ0v) is 13.7. The lowest BCUT2D eigenvalue weighted by molar-refractivity contribution is -0.122. The molecular formula is C18H24N4O2. The van der Waals surface area contributed by atoms with Gasteiger partial charge in [0.05, 0.1) is 6.42 Å². The van der Waals surface area contributed by atoms with Crippen molar-refractivity contribution in [1.82, 2.24) is 20.4 Å². The van der Waals surface area contributed by atoms with Crippen LogP contribution in [0.2, 0.25) is 0 Å². The van der Waals surface area contributed by atoms with E-state index in [1.54, 1.807) is 12.3 Å². The van der Waals surface area contributed by atoms with Crippen molar-refractivity contribution in [3.8, 4) is 0 Å². The minimum Gasteiger partial charge on any atom is -0.396 e. The van der Waals surface area contributed by atoms with Crippen molar-refractivity contribution in [1.29, 1.82) is 0 Å². The van der Waals surface area contributed by atoms with E-state index >= 15 is 0 Å². The summed E-state index contributed by atoms with van der Waals surface area (Å²) in [5.74, 6) is 0.0759. The van der Waals surface area contributed by atoms with Crippen LogP contribution in [0.4, 0.5) is 0 Å². The van der Waals surface area contributed by atoms with E-state index in [1.165, 1.54) is 5.56 Å². The number of nitrogens with one attached hydrogen (secondary N) is 2. The third-order valence-corrected chi connectivity index (χ3v) is 4.58. The second-order valence-corrected chi connectivity index (χ2v) is 6.38. The van der Waals surface area contributed by atoms with Crippen LogP contribution in [0.25, 0.3) is 0 Å². The molecule has 1 aliphatic rings. The molecule has 1 aromatic heterocycles. The predicted molar refractivity (Wildman–Crippen MR) is 91.1 cm³/mol. The van der Waals surface area contributed by atoms with Crippen molar-refractivity contribution in [2.75, 3.05) is 19.7 Å². The average Bonchev–Trinajstić information content (AvgIpc) is 3.09. The molecule has 6 heteroatoms. The summed E-state index contributed by atoms with van der Waals surface area (Å²) in [6, 6.07) is 12.1. The topological polar surface area (TPSA) is 81.2 Å². The Morgan fingerprint density at radius 2 is 2.17 bits per heavy atom. The van der Waals surface area contributed by atoms with Gasteiger partial charge < -0.3 is 10.4 Å². The standard InChI is InChI=1S/C18H24N4O2/c23-13-15-7-9-22(11-14-4-2-1-3-5-14)12-17(15)20-18(24)10-16-6-8-19-21-16/h1-6,8,15,17,23H,7,9-13H2,(H,19,21)(H,20,24). The summed E-state index contributed by atoms with van der Waals surface area (Å²) in [5, 5.41) is 19.4. The fourth-order valence-electron chi connectivity index (χ4n) is 3.25. The summed E-state index contributed by atoms with van der Waals surface area (Å²) in [4.78, 5) is 14.6. The van der Waals surface area contributed by atoms with Gasteiger partial charge in [0.25, 0.3) is 0 Å². The number of benzene rings is 1. The van der Waals surface area contributed by atoms with Gasteiger partial charge in [-0.15, -0.1) is 0 Å². The Morgan fingerprint density at radius 1 is 1.33 bits per heavy atom. The Bertz CT molecular complexity index is 630. The highest BCUT2D eigenvalue weighted by Gasteiger charge is 2.29. The van der Waals surface area contributed by atoms with E-state index < -0.39 is 0 Å². The summed E-state index contributed by atoms with van der Waals surface area (Å²) in [6.45, 7) is 2.67. The molecule has 1 saturated heterocycles. The lowest BCUT2D eigenvalue weighted by Gasteiger charge is -2.38. The van der Waals surface area contributed by atoms with Crippen molar-refractivity contribution in [2.45, 2.75) is 25.4 Å². The van der Waals surface area contributed by atoms with E-state index in [9.17, 15) is 9.90 Å². The van der Waals surface area contributed by atoms with Gasteiger partial charge in [-0.1, -0.05) is 30.3 Å². The highest BCUT2D eigenvalue weighted by molar-refractivity contribution is 5.78. The molecule has 0 spiro atoms. The first kappa shape index (κ1) is 16.7. The number of carbonyl (C=O) groups excluding carboxylic acids is 1. The van der Waals surface area contributed by atoms with Gasteiger partial charge in [-0.25, -0.2) is 0 Å². The predicted octanol–water partition coefficient (Wildman–Crippen LogP) is 0.951. The van der Waals surface area contributed by atoms with E-state index in [0.29, 0.717) is 0 Å². The second-order valence-electron chi connectivity index (χ2n) is 6.38. The van der Waals surface area contributed by atoms with Crippen molar-refractivity contribution in [2.24, 2.45) is 5.92 Å². The molecule has 6 nitrogen and oxygen atoms in total. The maximum absolute atomic E-state index is 12.2. The highest BCUT2D eigenvalue weighted by atomic mass is 16.3. The second kappa shape index (κ2) is 8.08. The summed E-state index contributed by atoms with van der Waals surface area (Å²) in [5.41, 5.74) is 2.06. The number of aliphatic hydroxyl groups excluding tert-OH is 1. The molecule has 3 N–H and O–H groups in total. The zero-order chi connectivity index (χ0) is 16.8. The van der Waals surface area contributed by atoms with Gasteiger partial charge in [0, 0.05) is 43.5 Å². The fourth-order valence-corrected chi connectivity index (χ4v) is 3.25. The molecule has 128 valence electrons. The van der Waals surface area contributed by atoms with Gasteiger partial charge >= 0.3 is 0 Å². The first-order chi connectivity index (χ1) is 11.7. The molecule has 0 saturated carbocycles. The third-order valence-electron chi connectivity index (χ3n) is 4.58. The summed E-state index contributed by atoms with van der Waals surface area (Å²) in [7, 11) is 0. The van der Waals surface area contributed by atoms with Gasteiger partial charge in [0.1, 0.15) is 0 Å². The molecule has 1 aliphatic heterocycles. The molecule has 0 radical (unpaired) electrons. The normalized spacial score (nSPS) is 21.5. The van der Waals surface area contributed by atoms with Crippen LogP contribution in [0.3, 0.4) is 0 Å². The number of rotatable bonds is 6. The monoisotopic (exact) mass is 328 g/mol. The van der Waals surface area contributed by atoms with Crippen molar-refractivity contribution < 1.29 is 9.90 Å². The van der Waals surface area contributed by atoms with E-state index in [1.807, 2.05) is 18.2 Å². The van der Waals surface area contributed by atoms with Crippen LogP contribution in [-0.4, -0.2) is 51.8 Å². The maximum atomic E-state index is 12.2. The summed E-state index contributed by atoms with van der Waals surface area (Å²) in [6.07, 6.45) is 2.81. The molecule has 1 fully saturated rings. The van der Waals surface area contributed by atoms with Crippen LogP contribution in [0.5, 0.6) is 0 Å². The number of H-pyrrole nitrogens is 1. The number of nitrogens with zero attached hydrogens (tertiary/aromatic N) is 2. The lowest BCUT2D eigenvalue weighted by atomic mass is 9.91. The van der Waals surface area contributed by atoms with Crippen molar-refractivity contribution >= 4 is 5.91 Å². The summed E-state index contributed by atoms with van der Waals surface area (Å²) >= 11 is 0. The SMILES string of the molecule is O=C(Cc1ccn[nH]1)NC1CN(Cc2ccccc2)CCC1CO. The molecule has 0 bridgehead atoms. The molecular weight excluding hydrogens is 304 g/mol. The van der Waals surface area contributed by atoms with E-state index in [4.69, 9.17) is 0 Å². The molecule has 2 heterocycles. The van der Waals surface area contributed by atoms with Crippen molar-refractivity contribution in [3.63, 3.8) is 0 Å². The number of piperidine rings is 1. The maximum Gasteiger partial charge on any atom is 0.226 e. The first-order valence-electron chi connectivity index (χ1n) is 8.39. The molecule has 1 amide bonds. The Kier molecular flexibility index (Phi) is 5.61. The minimum absolute atomic E-state index is 0.0251. The smallest absolute Gasteiger partial charge is 0.226 e. The van der Waals surface area contributed by atoms with E-state index in [2.05, 4.69) is 32.5 Å². The molecule has 3 rings (SSSR count). The lowest BCUT2D eigenvalue weighted by Crippen LogP contribution is -2.53. The number of likely N-dealkylation sites (tertiary alicyclic amines) is 1. The number of hydrogen-bond donors (Lipinski definition) is 3. The Hall–Kier alpha value is -2.18. The molecule has 2 atom stereocenters. The molecule has 0 aliphatic carbocycles. The Balaban J connectivity index is 1.57. The average molecular weight is 328 g/mol. The molecule has 2 aromatic rings. The van der Waals surface area contributed by atoms with Gasteiger partial charge in [-0.2, -0.15) is 5.10 Å². The summed E-state index contributed by atoms with van der Waals surface area (Å²) < 4.78 is 0. The zero-order valence-electron chi connectivity index (χ0n) is 13.7. The van der Waals surface area contributed by atoms with Crippen molar-refractivity contribution in [3.05, 3.63) is 53.9 Å². The fraction of sp³-hybridized carbons (Fsp3) is 0.444. The van der Waals surface area contributed by atoms with Crippen LogP contribution in [-0.2, 0) is 17.8 Å². The first-order valence-corrected chi connectivity index (χ1v) is 8.39. The number of carbonyl (C=O) groups is 1. The van der Waals surface area contributed by atoms with Gasteiger partial charge in [0.15, 0.2) is 0 Å². The molecule has 24 heavy (non-hydrogen) atoms. The van der Waals surface area contributed by atoms with E-state index in [0.717, 1.165) is 31.7 Å². The van der Waals surface area contributed by atoms with Crippen LogP contribution in [0.1, 0.15) is 17.7 Å².